The van der Waals surface area contributed by atoms with Crippen LogP contribution in [0, 0.1) is 0 Å². The van der Waals surface area contributed by atoms with Crippen LogP contribution in [0.15, 0.2) is 108 Å². The molecule has 1 amide bonds. The summed E-state index contributed by atoms with van der Waals surface area (Å²) in [6, 6.07) is 24.4. The summed E-state index contributed by atoms with van der Waals surface area (Å²) in [5.41, 5.74) is 1.11. The second-order valence-corrected chi connectivity index (χ2v) is 9.08. The molecule has 0 atom stereocenters. The van der Waals surface area contributed by atoms with Gasteiger partial charge in [0.25, 0.3) is 15.9 Å². The fraction of sp³-hybridized carbons (Fsp3) is 0. The van der Waals surface area contributed by atoms with Gasteiger partial charge in [0.15, 0.2) is 0 Å². The van der Waals surface area contributed by atoms with E-state index in [2.05, 4.69) is 15.0 Å². The van der Waals surface area contributed by atoms with Crippen molar-refractivity contribution < 1.29 is 22.8 Å². The van der Waals surface area contributed by atoms with Gasteiger partial charge in [0.1, 0.15) is 5.82 Å². The van der Waals surface area contributed by atoms with Crippen molar-refractivity contribution in [3.05, 3.63) is 120 Å². The highest BCUT2D eigenvalue weighted by atomic mass is 32.2. The van der Waals surface area contributed by atoms with Gasteiger partial charge in [0, 0.05) is 28.6 Å². The van der Waals surface area contributed by atoms with Crippen molar-refractivity contribution in [2.24, 2.45) is 0 Å². The molecule has 0 fully saturated rings. The van der Waals surface area contributed by atoms with E-state index in [0.717, 1.165) is 0 Å². The summed E-state index contributed by atoms with van der Waals surface area (Å²) >= 11 is 0. The number of amides is 1. The maximum atomic E-state index is 12.6. The molecule has 8 nitrogen and oxygen atoms in total. The van der Waals surface area contributed by atoms with Gasteiger partial charge in [0.05, 0.1) is 4.90 Å². The highest BCUT2D eigenvalue weighted by molar-refractivity contribution is 7.92. The summed E-state index contributed by atoms with van der Waals surface area (Å²) in [5, 5.41) is 2.67. The average molecular weight is 486 g/mol. The SMILES string of the molecule is O=C(Nc1ccc(S(=O)(=O)Nc2ccccn2)cc1)c1ccc(C(=O)C(=O)c2ccccc2)cc1. The Hall–Kier alpha value is -4.63. The van der Waals surface area contributed by atoms with Gasteiger partial charge in [0.2, 0.25) is 11.6 Å². The molecule has 0 unspecified atom stereocenters. The number of hydrogen-bond donors (Lipinski definition) is 2. The number of benzene rings is 3. The smallest absolute Gasteiger partial charge is 0.263 e. The molecule has 9 heteroatoms. The Morgan fingerprint density at radius 3 is 1.80 bits per heavy atom. The van der Waals surface area contributed by atoms with Crippen LogP contribution in [0.3, 0.4) is 0 Å². The van der Waals surface area contributed by atoms with Gasteiger partial charge in [-0.2, -0.15) is 0 Å². The zero-order valence-corrected chi connectivity index (χ0v) is 19.0. The van der Waals surface area contributed by atoms with E-state index in [1.54, 1.807) is 42.5 Å². The molecule has 0 aliphatic rings. The van der Waals surface area contributed by atoms with Gasteiger partial charge in [-0.3, -0.25) is 19.1 Å². The van der Waals surface area contributed by atoms with Crippen molar-refractivity contribution in [1.29, 1.82) is 0 Å². The third-order valence-electron chi connectivity index (χ3n) is 4.98. The minimum absolute atomic E-state index is 0.00657. The first-order chi connectivity index (χ1) is 16.8. The van der Waals surface area contributed by atoms with Crippen LogP contribution in [0.5, 0.6) is 0 Å². The first-order valence-corrected chi connectivity index (χ1v) is 11.9. The average Bonchev–Trinajstić information content (AvgIpc) is 2.89. The molecule has 0 saturated heterocycles. The van der Waals surface area contributed by atoms with Crippen LogP contribution in [0.4, 0.5) is 11.5 Å². The van der Waals surface area contributed by atoms with E-state index in [1.165, 1.54) is 60.8 Å². The molecule has 1 aromatic heterocycles. The number of rotatable bonds is 8. The largest absolute Gasteiger partial charge is 0.322 e. The van der Waals surface area contributed by atoms with Gasteiger partial charge in [-0.05, 0) is 48.5 Å². The molecule has 1 heterocycles. The van der Waals surface area contributed by atoms with Crippen LogP contribution < -0.4 is 10.0 Å². The number of aromatic nitrogens is 1. The summed E-state index contributed by atoms with van der Waals surface area (Å²) < 4.78 is 27.4. The van der Waals surface area contributed by atoms with E-state index in [1.807, 2.05) is 0 Å². The third-order valence-corrected chi connectivity index (χ3v) is 6.35. The molecule has 3 aromatic carbocycles. The molecule has 4 rings (SSSR count). The maximum absolute atomic E-state index is 12.6. The number of Topliss-reactive ketones (excluding diaryl/α,β-unsaturated/α-hetero) is 2. The third kappa shape index (κ3) is 5.66. The number of pyridine rings is 1. The lowest BCUT2D eigenvalue weighted by Gasteiger charge is -2.09. The Bertz CT molecular complexity index is 1470. The monoisotopic (exact) mass is 485 g/mol. The number of ketones is 2. The van der Waals surface area contributed by atoms with Crippen molar-refractivity contribution in [2.45, 2.75) is 4.90 Å². The predicted octanol–water partition coefficient (Wildman–Crippen LogP) is 4.20. The first kappa shape index (κ1) is 23.5. The zero-order chi connectivity index (χ0) is 24.8. The Labute approximate surface area is 201 Å². The van der Waals surface area contributed by atoms with Gasteiger partial charge in [-0.25, -0.2) is 13.4 Å². The fourth-order valence-electron chi connectivity index (χ4n) is 3.17. The summed E-state index contributed by atoms with van der Waals surface area (Å²) in [6.45, 7) is 0. The number of hydrogen-bond acceptors (Lipinski definition) is 6. The van der Waals surface area contributed by atoms with Gasteiger partial charge in [-0.15, -0.1) is 0 Å². The summed E-state index contributed by atoms with van der Waals surface area (Å²) in [6.07, 6.45) is 1.47. The Morgan fingerprint density at radius 1 is 0.629 bits per heavy atom. The minimum Gasteiger partial charge on any atom is -0.322 e. The zero-order valence-electron chi connectivity index (χ0n) is 18.2. The Kier molecular flexibility index (Phi) is 6.79. The van der Waals surface area contributed by atoms with Crippen LogP contribution in [0.25, 0.3) is 0 Å². The summed E-state index contributed by atoms with van der Waals surface area (Å²) in [7, 11) is -3.84. The second-order valence-electron chi connectivity index (χ2n) is 7.40. The van der Waals surface area contributed by atoms with Crippen LogP contribution in [0.1, 0.15) is 31.1 Å². The molecule has 0 spiro atoms. The molecule has 2 N–H and O–H groups in total. The van der Waals surface area contributed by atoms with E-state index in [9.17, 15) is 22.8 Å². The van der Waals surface area contributed by atoms with E-state index < -0.39 is 27.5 Å². The predicted molar refractivity (Wildman–Crippen MR) is 131 cm³/mol. The molecule has 0 aliphatic heterocycles. The highest BCUT2D eigenvalue weighted by Crippen LogP contribution is 2.18. The van der Waals surface area contributed by atoms with Crippen LogP contribution >= 0.6 is 0 Å². The first-order valence-electron chi connectivity index (χ1n) is 10.4. The number of carbonyl (C=O) groups excluding carboxylic acids is 3. The number of nitrogens with one attached hydrogen (secondary N) is 2. The quantitative estimate of drug-likeness (QED) is 0.285. The lowest BCUT2D eigenvalue weighted by Crippen LogP contribution is -2.16. The minimum atomic E-state index is -3.84. The van der Waals surface area contributed by atoms with Crippen molar-refractivity contribution in [3.63, 3.8) is 0 Å². The van der Waals surface area contributed by atoms with E-state index in [-0.39, 0.29) is 21.8 Å². The molecule has 0 saturated carbocycles. The fourth-order valence-corrected chi connectivity index (χ4v) is 4.17. The van der Waals surface area contributed by atoms with Gasteiger partial charge < -0.3 is 5.32 Å². The molecule has 0 bridgehead atoms. The standard InChI is InChI=1S/C26H19N3O5S/c30-24(18-6-2-1-3-7-18)25(31)19-9-11-20(12-10-19)26(32)28-21-13-15-22(16-14-21)35(33,34)29-23-8-4-5-17-27-23/h1-17H,(H,27,29)(H,28,32). The van der Waals surface area contributed by atoms with Crippen molar-refractivity contribution >= 4 is 39.0 Å². The molecule has 4 aromatic rings. The van der Waals surface area contributed by atoms with Crippen LogP contribution in [-0.2, 0) is 10.0 Å². The van der Waals surface area contributed by atoms with Crippen molar-refractivity contribution in [1.82, 2.24) is 4.98 Å². The highest BCUT2D eigenvalue weighted by Gasteiger charge is 2.19. The molecule has 0 radical (unpaired) electrons. The van der Waals surface area contributed by atoms with Crippen LogP contribution in [-0.4, -0.2) is 30.9 Å². The van der Waals surface area contributed by atoms with Gasteiger partial charge >= 0.3 is 0 Å². The topological polar surface area (TPSA) is 122 Å². The summed E-state index contributed by atoms with van der Waals surface area (Å²) in [4.78, 5) is 41.3. The Balaban J connectivity index is 1.41. The van der Waals surface area contributed by atoms with E-state index in [4.69, 9.17) is 0 Å². The van der Waals surface area contributed by atoms with Gasteiger partial charge in [-0.1, -0.05) is 48.5 Å². The normalized spacial score (nSPS) is 10.9. The van der Waals surface area contributed by atoms with Crippen molar-refractivity contribution in [2.75, 3.05) is 10.0 Å². The Morgan fingerprint density at radius 2 is 1.20 bits per heavy atom. The number of nitrogens with zero attached hydrogens (tertiary/aromatic N) is 1. The van der Waals surface area contributed by atoms with E-state index >= 15 is 0 Å². The number of sulfonamides is 1. The summed E-state index contributed by atoms with van der Waals surface area (Å²) in [5.74, 6) is -1.56. The maximum Gasteiger partial charge on any atom is 0.263 e. The lowest BCUT2D eigenvalue weighted by molar-refractivity contribution is 0.0817. The van der Waals surface area contributed by atoms with Crippen LogP contribution in [0.2, 0.25) is 0 Å². The molecular formula is C26H19N3O5S. The number of carbonyl (C=O) groups is 3. The molecular weight excluding hydrogens is 466 g/mol. The number of anilines is 2. The lowest BCUT2D eigenvalue weighted by atomic mass is 10.0. The van der Waals surface area contributed by atoms with Crippen molar-refractivity contribution in [3.8, 4) is 0 Å². The molecule has 0 aliphatic carbocycles. The van der Waals surface area contributed by atoms with E-state index in [0.29, 0.717) is 11.3 Å². The molecule has 174 valence electrons. The molecule has 35 heavy (non-hydrogen) atoms. The second kappa shape index (κ2) is 10.1.